The van der Waals surface area contributed by atoms with Crippen LogP contribution in [0.4, 0.5) is 14.5 Å². The van der Waals surface area contributed by atoms with Crippen molar-refractivity contribution in [2.45, 2.75) is 11.3 Å². The summed E-state index contributed by atoms with van der Waals surface area (Å²) in [6.07, 6.45) is -0.190. The Kier molecular flexibility index (Phi) is 6.89. The van der Waals surface area contributed by atoms with Crippen LogP contribution in [0.25, 0.3) is 11.5 Å². The highest BCUT2D eigenvalue weighted by molar-refractivity contribution is 7.89. The van der Waals surface area contributed by atoms with E-state index in [9.17, 15) is 12.8 Å². The van der Waals surface area contributed by atoms with E-state index < -0.39 is 26.6 Å². The van der Waals surface area contributed by atoms with Crippen molar-refractivity contribution in [1.82, 2.24) is 10.2 Å². The first kappa shape index (κ1) is 25.1. The maximum absolute atomic E-state index is 15.2. The van der Waals surface area contributed by atoms with Crippen LogP contribution in [0.2, 0.25) is 15.1 Å². The molecule has 0 radical (unpaired) electrons. The summed E-state index contributed by atoms with van der Waals surface area (Å²) < 4.78 is 63.5. The lowest BCUT2D eigenvalue weighted by atomic mass is 10.1. The number of rotatable bonds is 6. The zero-order valence-electron chi connectivity index (χ0n) is 17.2. The van der Waals surface area contributed by atoms with Crippen LogP contribution in [0.3, 0.4) is 0 Å². The van der Waals surface area contributed by atoms with Gasteiger partial charge in [-0.15, -0.1) is 10.2 Å². The third-order valence-corrected chi connectivity index (χ3v) is 6.36. The van der Waals surface area contributed by atoms with Gasteiger partial charge in [0.2, 0.25) is 21.8 Å². The van der Waals surface area contributed by atoms with Gasteiger partial charge in [-0.05, 0) is 30.3 Å². The number of nitrogen functional groups attached to an aromatic ring is 1. The molecule has 0 aliphatic carbocycles. The van der Waals surface area contributed by atoms with Crippen molar-refractivity contribution in [3.8, 4) is 23.0 Å². The Labute approximate surface area is 212 Å². The summed E-state index contributed by atoms with van der Waals surface area (Å²) in [5, 5.41) is 12.7. The molecule has 4 N–H and O–H groups in total. The zero-order chi connectivity index (χ0) is 25.5. The molecule has 0 aliphatic rings. The van der Waals surface area contributed by atoms with E-state index in [2.05, 4.69) is 10.2 Å². The number of nitrogens with zero attached hydrogens (tertiary/aromatic N) is 2. The Morgan fingerprint density at radius 2 is 1.74 bits per heavy atom. The summed E-state index contributed by atoms with van der Waals surface area (Å²) in [5.41, 5.74) is 6.06. The second-order valence-electron chi connectivity index (χ2n) is 7.16. The molecule has 0 fully saturated rings. The van der Waals surface area contributed by atoms with Crippen molar-refractivity contribution in [1.29, 1.82) is 0 Å². The lowest BCUT2D eigenvalue weighted by Gasteiger charge is -2.12. The van der Waals surface area contributed by atoms with Crippen molar-refractivity contribution in [2.24, 2.45) is 5.14 Å². The average Bonchev–Trinajstić information content (AvgIpc) is 3.20. The minimum atomic E-state index is -4.38. The standard InChI is InChI=1S/C21H13Cl3F2N4O4S/c22-10-4-11(27)6-12(5-10)33-20-14(23)2-1-9(19(20)26)3-18-29-30-21(34-18)13-7-17(35(28,31)32)16(25)8-15(13)24/h1-2,4-8H,3,27H2,(H2,28,31,32). The maximum Gasteiger partial charge on any atom is 0.249 e. The van der Waals surface area contributed by atoms with Crippen LogP contribution in [0.15, 0.2) is 51.8 Å². The lowest BCUT2D eigenvalue weighted by molar-refractivity contribution is 0.437. The van der Waals surface area contributed by atoms with Crippen molar-refractivity contribution >= 4 is 50.5 Å². The molecule has 0 saturated heterocycles. The number of benzene rings is 3. The molecular formula is C21H13Cl3F2N4O4S. The average molecular weight is 562 g/mol. The maximum atomic E-state index is 15.2. The number of hydrogen-bond acceptors (Lipinski definition) is 7. The number of anilines is 1. The molecule has 3 aromatic carbocycles. The number of nitrogens with two attached hydrogens (primary N) is 2. The van der Waals surface area contributed by atoms with Gasteiger partial charge in [0.1, 0.15) is 16.5 Å². The smallest absolute Gasteiger partial charge is 0.249 e. The van der Waals surface area contributed by atoms with Crippen LogP contribution in [-0.2, 0) is 16.4 Å². The molecule has 0 aliphatic heterocycles. The van der Waals surface area contributed by atoms with Gasteiger partial charge in [0.25, 0.3) is 0 Å². The van der Waals surface area contributed by atoms with Crippen molar-refractivity contribution in [3.63, 3.8) is 0 Å². The number of halogens is 5. The predicted molar refractivity (Wildman–Crippen MR) is 126 cm³/mol. The van der Waals surface area contributed by atoms with E-state index in [4.69, 9.17) is 54.8 Å². The molecule has 0 spiro atoms. The molecule has 0 saturated carbocycles. The van der Waals surface area contributed by atoms with Crippen LogP contribution in [0.5, 0.6) is 11.5 Å². The molecule has 0 atom stereocenters. The number of hydrogen-bond donors (Lipinski definition) is 2. The van der Waals surface area contributed by atoms with Crippen molar-refractivity contribution < 1.29 is 26.4 Å². The fourth-order valence-electron chi connectivity index (χ4n) is 3.07. The first-order chi connectivity index (χ1) is 16.4. The van der Waals surface area contributed by atoms with E-state index in [1.54, 1.807) is 0 Å². The molecule has 4 aromatic rings. The van der Waals surface area contributed by atoms with E-state index in [0.29, 0.717) is 5.69 Å². The Balaban J connectivity index is 1.65. The Hall–Kier alpha value is -2.96. The predicted octanol–water partition coefficient (Wildman–Crippen LogP) is 5.59. The molecule has 35 heavy (non-hydrogen) atoms. The van der Waals surface area contributed by atoms with E-state index >= 15 is 4.39 Å². The first-order valence-corrected chi connectivity index (χ1v) is 12.2. The number of aromatic nitrogens is 2. The molecular weight excluding hydrogens is 549 g/mol. The van der Waals surface area contributed by atoms with E-state index in [1.165, 1.54) is 30.3 Å². The van der Waals surface area contributed by atoms with E-state index in [-0.39, 0.29) is 55.9 Å². The van der Waals surface area contributed by atoms with Crippen LogP contribution < -0.4 is 15.6 Å². The first-order valence-electron chi connectivity index (χ1n) is 9.47. The van der Waals surface area contributed by atoms with E-state index in [1.807, 2.05) is 0 Å². The van der Waals surface area contributed by atoms with Gasteiger partial charge in [0.05, 0.1) is 22.0 Å². The Bertz CT molecular complexity index is 1540. The largest absolute Gasteiger partial charge is 0.453 e. The lowest BCUT2D eigenvalue weighted by Crippen LogP contribution is -2.14. The third kappa shape index (κ3) is 5.49. The van der Waals surface area contributed by atoms with Gasteiger partial charge in [-0.1, -0.05) is 40.9 Å². The van der Waals surface area contributed by atoms with Gasteiger partial charge in [-0.25, -0.2) is 22.3 Å². The normalized spacial score (nSPS) is 11.6. The Morgan fingerprint density at radius 3 is 2.43 bits per heavy atom. The number of sulfonamides is 1. The molecule has 0 amide bonds. The molecule has 14 heteroatoms. The fraction of sp³-hybridized carbons (Fsp3) is 0.0476. The molecule has 1 aromatic heterocycles. The summed E-state index contributed by atoms with van der Waals surface area (Å²) >= 11 is 18.1. The topological polar surface area (TPSA) is 134 Å². The highest BCUT2D eigenvalue weighted by Gasteiger charge is 2.22. The summed E-state index contributed by atoms with van der Waals surface area (Å²) in [6, 6.07) is 8.81. The number of ether oxygens (including phenoxy) is 1. The molecule has 1 heterocycles. The molecule has 182 valence electrons. The highest BCUT2D eigenvalue weighted by Crippen LogP contribution is 2.37. The van der Waals surface area contributed by atoms with Crippen LogP contribution in [0, 0.1) is 11.6 Å². The van der Waals surface area contributed by atoms with Crippen molar-refractivity contribution in [2.75, 3.05) is 5.73 Å². The van der Waals surface area contributed by atoms with Gasteiger partial charge in [-0.3, -0.25) is 0 Å². The van der Waals surface area contributed by atoms with E-state index in [0.717, 1.165) is 12.1 Å². The molecule has 4 rings (SSSR count). The summed E-state index contributed by atoms with van der Waals surface area (Å²) in [7, 11) is -4.38. The monoisotopic (exact) mass is 560 g/mol. The van der Waals surface area contributed by atoms with Gasteiger partial charge in [0.15, 0.2) is 11.6 Å². The molecule has 8 nitrogen and oxygen atoms in total. The minimum Gasteiger partial charge on any atom is -0.453 e. The van der Waals surface area contributed by atoms with Gasteiger partial charge < -0.3 is 14.9 Å². The molecule has 0 bridgehead atoms. The zero-order valence-corrected chi connectivity index (χ0v) is 20.3. The third-order valence-electron chi connectivity index (χ3n) is 4.61. The van der Waals surface area contributed by atoms with Crippen molar-refractivity contribution in [3.05, 3.63) is 80.6 Å². The summed E-state index contributed by atoms with van der Waals surface area (Å²) in [5.74, 6) is -2.33. The van der Waals surface area contributed by atoms with Gasteiger partial charge in [-0.2, -0.15) is 0 Å². The minimum absolute atomic E-state index is 0.00960. The summed E-state index contributed by atoms with van der Waals surface area (Å²) in [4.78, 5) is -0.802. The van der Waals surface area contributed by atoms with Gasteiger partial charge >= 0.3 is 0 Å². The van der Waals surface area contributed by atoms with Crippen LogP contribution >= 0.6 is 34.8 Å². The highest BCUT2D eigenvalue weighted by atomic mass is 35.5. The van der Waals surface area contributed by atoms with Crippen LogP contribution in [-0.4, -0.2) is 18.6 Å². The second kappa shape index (κ2) is 9.59. The number of primary sulfonamides is 1. The quantitative estimate of drug-likeness (QED) is 0.293. The van der Waals surface area contributed by atoms with Gasteiger partial charge in [0, 0.05) is 22.3 Å². The SMILES string of the molecule is Nc1cc(Cl)cc(Oc2c(Cl)ccc(Cc3nnc(-c4cc(S(N)(=O)=O)c(F)cc4Cl)o3)c2F)c1. The summed E-state index contributed by atoms with van der Waals surface area (Å²) in [6.45, 7) is 0. The second-order valence-corrected chi connectivity index (χ2v) is 9.94. The Morgan fingerprint density at radius 1 is 1.00 bits per heavy atom. The fourth-order valence-corrected chi connectivity index (χ4v) is 4.33. The molecule has 0 unspecified atom stereocenters. The van der Waals surface area contributed by atoms with Crippen LogP contribution in [0.1, 0.15) is 11.5 Å².